The predicted octanol–water partition coefficient (Wildman–Crippen LogP) is 2.84. The second-order valence-electron chi connectivity index (χ2n) is 5.87. The minimum atomic E-state index is -0.690. The van der Waals surface area contributed by atoms with Crippen LogP contribution in [0.1, 0.15) is 25.3 Å². The summed E-state index contributed by atoms with van der Waals surface area (Å²) in [5.41, 5.74) is 1.27. The maximum atomic E-state index is 12.9. The lowest BCUT2D eigenvalue weighted by Crippen LogP contribution is -2.47. The normalized spacial score (nSPS) is 11.4. The van der Waals surface area contributed by atoms with Gasteiger partial charge in [0.05, 0.1) is 19.0 Å². The van der Waals surface area contributed by atoms with Gasteiger partial charge in [-0.1, -0.05) is 25.5 Å². The van der Waals surface area contributed by atoms with E-state index in [0.29, 0.717) is 18.0 Å². The molecule has 0 aliphatic rings. The topological polar surface area (TPSA) is 92.4 Å². The molecule has 0 bridgehead atoms. The Morgan fingerprint density at radius 2 is 1.93 bits per heavy atom. The minimum absolute atomic E-state index is 0.231. The van der Waals surface area contributed by atoms with Gasteiger partial charge in [-0.05, 0) is 30.2 Å². The fourth-order valence-corrected chi connectivity index (χ4v) is 2.36. The number of amides is 3. The van der Waals surface area contributed by atoms with E-state index in [0.717, 1.165) is 12.0 Å². The van der Waals surface area contributed by atoms with Crippen molar-refractivity contribution in [2.75, 3.05) is 12.4 Å². The van der Waals surface area contributed by atoms with Crippen molar-refractivity contribution in [3.63, 3.8) is 0 Å². The molecule has 144 valence electrons. The molecule has 2 rings (SSSR count). The molecule has 0 spiro atoms. The number of carbonyl (C=O) groups excluding carboxylic acids is 2. The molecule has 2 aromatic rings. The number of nitrogens with zero attached hydrogens (tertiary/aromatic N) is 1. The average molecular weight is 374 g/mol. The maximum absolute atomic E-state index is 12.9. The van der Waals surface area contributed by atoms with E-state index in [9.17, 15) is 14.0 Å². The summed E-state index contributed by atoms with van der Waals surface area (Å²) < 4.78 is 17.9. The number of benzene rings is 1. The van der Waals surface area contributed by atoms with Gasteiger partial charge in [0.25, 0.3) is 0 Å². The van der Waals surface area contributed by atoms with Crippen molar-refractivity contribution in [2.24, 2.45) is 0 Å². The van der Waals surface area contributed by atoms with Crippen molar-refractivity contribution in [2.45, 2.75) is 32.4 Å². The Labute approximate surface area is 157 Å². The van der Waals surface area contributed by atoms with E-state index >= 15 is 0 Å². The van der Waals surface area contributed by atoms with Gasteiger partial charge in [0, 0.05) is 12.6 Å². The molecule has 0 saturated carbocycles. The maximum Gasteiger partial charge on any atom is 0.315 e. The molecule has 7 nitrogen and oxygen atoms in total. The first-order valence-corrected chi connectivity index (χ1v) is 8.61. The van der Waals surface area contributed by atoms with Gasteiger partial charge < -0.3 is 20.7 Å². The monoisotopic (exact) mass is 374 g/mol. The standard InChI is InChI=1S/C19H23FN4O3/c1-3-4-16(18(25)23-15-9-10-17(27-2)21-12-15)24-19(26)22-11-13-5-7-14(20)8-6-13/h5-10,12,16H,3-4,11H2,1-2H3,(H,23,25)(H2,22,24,26)/t16-/m1/s1. The van der Waals surface area contributed by atoms with Gasteiger partial charge in [0.1, 0.15) is 11.9 Å². The molecule has 8 heteroatoms. The third-order valence-corrected chi connectivity index (χ3v) is 3.78. The lowest BCUT2D eigenvalue weighted by atomic mass is 10.1. The molecule has 1 atom stereocenters. The lowest BCUT2D eigenvalue weighted by Gasteiger charge is -2.18. The van der Waals surface area contributed by atoms with Crippen LogP contribution in [0.4, 0.5) is 14.9 Å². The van der Waals surface area contributed by atoms with Crippen LogP contribution in [-0.2, 0) is 11.3 Å². The zero-order valence-electron chi connectivity index (χ0n) is 15.3. The highest BCUT2D eigenvalue weighted by Gasteiger charge is 2.20. The molecule has 1 aromatic carbocycles. The van der Waals surface area contributed by atoms with Crippen molar-refractivity contribution in [3.05, 3.63) is 54.0 Å². The van der Waals surface area contributed by atoms with Gasteiger partial charge in [0.15, 0.2) is 0 Å². The van der Waals surface area contributed by atoms with Crippen LogP contribution in [0.3, 0.4) is 0 Å². The molecule has 3 amide bonds. The van der Waals surface area contributed by atoms with Gasteiger partial charge in [0.2, 0.25) is 11.8 Å². The summed E-state index contributed by atoms with van der Waals surface area (Å²) in [5, 5.41) is 8.04. The third-order valence-electron chi connectivity index (χ3n) is 3.78. The summed E-state index contributed by atoms with van der Waals surface area (Å²) in [6.07, 6.45) is 2.69. The number of methoxy groups -OCH3 is 1. The van der Waals surface area contributed by atoms with Crippen molar-refractivity contribution < 1.29 is 18.7 Å². The van der Waals surface area contributed by atoms with Gasteiger partial charge >= 0.3 is 6.03 Å². The fourth-order valence-electron chi connectivity index (χ4n) is 2.36. The quantitative estimate of drug-likeness (QED) is 0.662. The number of hydrogen-bond donors (Lipinski definition) is 3. The predicted molar refractivity (Wildman–Crippen MR) is 99.9 cm³/mol. The van der Waals surface area contributed by atoms with Crippen LogP contribution in [0.15, 0.2) is 42.6 Å². The Hall–Kier alpha value is -3.16. The van der Waals surface area contributed by atoms with Crippen molar-refractivity contribution in [1.29, 1.82) is 0 Å². The molecule has 0 fully saturated rings. The summed E-state index contributed by atoms with van der Waals surface area (Å²) in [7, 11) is 1.51. The minimum Gasteiger partial charge on any atom is -0.481 e. The van der Waals surface area contributed by atoms with E-state index in [1.807, 2.05) is 6.92 Å². The molecular formula is C19H23FN4O3. The SMILES string of the molecule is CCC[C@@H](NC(=O)NCc1ccc(F)cc1)C(=O)Nc1ccc(OC)nc1. The zero-order chi connectivity index (χ0) is 19.6. The van der Waals surface area contributed by atoms with Crippen LogP contribution >= 0.6 is 0 Å². The van der Waals surface area contributed by atoms with Gasteiger partial charge in [-0.2, -0.15) is 0 Å². The number of halogens is 1. The molecule has 0 saturated heterocycles. The first-order valence-electron chi connectivity index (χ1n) is 8.61. The molecule has 0 aliphatic carbocycles. The average Bonchev–Trinajstić information content (AvgIpc) is 2.68. The highest BCUT2D eigenvalue weighted by Crippen LogP contribution is 2.12. The molecule has 27 heavy (non-hydrogen) atoms. The van der Waals surface area contributed by atoms with Gasteiger partial charge in [-0.3, -0.25) is 4.79 Å². The Balaban J connectivity index is 1.89. The van der Waals surface area contributed by atoms with Crippen LogP contribution in [0.5, 0.6) is 5.88 Å². The number of nitrogens with one attached hydrogen (secondary N) is 3. The van der Waals surface area contributed by atoms with Crippen LogP contribution in [0.25, 0.3) is 0 Å². The fraction of sp³-hybridized carbons (Fsp3) is 0.316. The van der Waals surface area contributed by atoms with E-state index < -0.39 is 12.1 Å². The molecule has 1 aromatic heterocycles. The van der Waals surface area contributed by atoms with Crippen LogP contribution in [-0.4, -0.2) is 30.1 Å². The summed E-state index contributed by atoms with van der Waals surface area (Å²) in [6.45, 7) is 2.16. The molecule has 0 unspecified atom stereocenters. The second-order valence-corrected chi connectivity index (χ2v) is 5.87. The number of pyridine rings is 1. The number of ether oxygens (including phenoxy) is 1. The smallest absolute Gasteiger partial charge is 0.315 e. The highest BCUT2D eigenvalue weighted by atomic mass is 19.1. The van der Waals surface area contributed by atoms with Crippen molar-refractivity contribution >= 4 is 17.6 Å². The largest absolute Gasteiger partial charge is 0.481 e. The van der Waals surface area contributed by atoms with Crippen molar-refractivity contribution in [1.82, 2.24) is 15.6 Å². The van der Waals surface area contributed by atoms with Crippen LogP contribution in [0.2, 0.25) is 0 Å². The highest BCUT2D eigenvalue weighted by molar-refractivity contribution is 5.96. The van der Waals surface area contributed by atoms with E-state index in [2.05, 4.69) is 20.9 Å². The molecule has 3 N–H and O–H groups in total. The Morgan fingerprint density at radius 1 is 1.19 bits per heavy atom. The first-order chi connectivity index (χ1) is 13.0. The van der Waals surface area contributed by atoms with Crippen LogP contribution in [0, 0.1) is 5.82 Å². The molecule has 1 heterocycles. The van der Waals surface area contributed by atoms with E-state index in [-0.39, 0.29) is 18.3 Å². The number of urea groups is 1. The summed E-state index contributed by atoms with van der Waals surface area (Å²) in [6, 6.07) is 7.96. The van der Waals surface area contributed by atoms with E-state index in [4.69, 9.17) is 4.74 Å². The van der Waals surface area contributed by atoms with E-state index in [1.165, 1.54) is 25.4 Å². The second kappa shape index (κ2) is 10.1. The Kier molecular flexibility index (Phi) is 7.54. The Morgan fingerprint density at radius 3 is 2.52 bits per heavy atom. The molecule has 0 aliphatic heterocycles. The van der Waals surface area contributed by atoms with E-state index in [1.54, 1.807) is 24.3 Å². The summed E-state index contributed by atoms with van der Waals surface area (Å²) >= 11 is 0. The lowest BCUT2D eigenvalue weighted by molar-refractivity contribution is -0.118. The third kappa shape index (κ3) is 6.58. The molecular weight excluding hydrogens is 351 g/mol. The zero-order valence-corrected chi connectivity index (χ0v) is 15.3. The Bertz CT molecular complexity index is 751. The number of carbonyl (C=O) groups is 2. The number of aromatic nitrogens is 1. The number of anilines is 1. The first kappa shape index (κ1) is 20.2. The number of rotatable bonds is 8. The summed E-state index contributed by atoms with van der Waals surface area (Å²) in [4.78, 5) is 28.6. The molecule has 0 radical (unpaired) electrons. The summed E-state index contributed by atoms with van der Waals surface area (Å²) in [5.74, 6) is -0.229. The van der Waals surface area contributed by atoms with Gasteiger partial charge in [-0.25, -0.2) is 14.2 Å². The van der Waals surface area contributed by atoms with Gasteiger partial charge in [-0.15, -0.1) is 0 Å². The van der Waals surface area contributed by atoms with Crippen LogP contribution < -0.4 is 20.7 Å². The number of hydrogen-bond acceptors (Lipinski definition) is 4. The van der Waals surface area contributed by atoms with Crippen molar-refractivity contribution in [3.8, 4) is 5.88 Å².